The van der Waals surface area contributed by atoms with Gasteiger partial charge in [0.1, 0.15) is 11.4 Å². The standard InChI is InChI=1S/C17H17BrN2O2S/c1-3-19-17(21)14-8-15-13(9-16(18)23-15)20(14)10-11-4-6-12(22-2)7-5-11/h4-9H,3,10H2,1-2H3,(H,19,21). The average Bonchev–Trinajstić information content (AvgIpc) is 3.06. The summed E-state index contributed by atoms with van der Waals surface area (Å²) in [5, 5.41) is 2.88. The van der Waals surface area contributed by atoms with Gasteiger partial charge in [-0.1, -0.05) is 12.1 Å². The number of carbonyl (C=O) groups is 1. The molecule has 23 heavy (non-hydrogen) atoms. The minimum atomic E-state index is -0.0412. The predicted molar refractivity (Wildman–Crippen MR) is 97.6 cm³/mol. The second-order valence-electron chi connectivity index (χ2n) is 5.12. The van der Waals surface area contributed by atoms with Crippen molar-refractivity contribution in [2.45, 2.75) is 13.5 Å². The SMILES string of the molecule is CCNC(=O)c1cc2sc(Br)cc2n1Cc1ccc(OC)cc1. The minimum absolute atomic E-state index is 0.0412. The van der Waals surface area contributed by atoms with Gasteiger partial charge in [0.05, 0.1) is 21.1 Å². The van der Waals surface area contributed by atoms with E-state index in [2.05, 4.69) is 31.9 Å². The summed E-state index contributed by atoms with van der Waals surface area (Å²) in [6.07, 6.45) is 0. The van der Waals surface area contributed by atoms with E-state index in [1.54, 1.807) is 18.4 Å². The lowest BCUT2D eigenvalue weighted by Gasteiger charge is -2.11. The molecule has 0 saturated heterocycles. The molecule has 0 spiro atoms. The zero-order chi connectivity index (χ0) is 16.4. The van der Waals surface area contributed by atoms with E-state index in [0.717, 1.165) is 25.3 Å². The fourth-order valence-electron chi connectivity index (χ4n) is 2.53. The van der Waals surface area contributed by atoms with E-state index in [-0.39, 0.29) is 5.91 Å². The predicted octanol–water partition coefficient (Wildman–Crippen LogP) is 4.27. The smallest absolute Gasteiger partial charge is 0.267 e. The van der Waals surface area contributed by atoms with E-state index < -0.39 is 0 Å². The molecule has 1 amide bonds. The molecule has 0 radical (unpaired) electrons. The molecule has 3 rings (SSSR count). The molecular weight excluding hydrogens is 376 g/mol. The fourth-order valence-corrected chi connectivity index (χ4v) is 4.10. The Kier molecular flexibility index (Phi) is 4.73. The number of hydrogen-bond acceptors (Lipinski definition) is 3. The van der Waals surface area contributed by atoms with Gasteiger partial charge in [-0.2, -0.15) is 0 Å². The molecule has 0 aliphatic carbocycles. The van der Waals surface area contributed by atoms with Crippen LogP contribution in [0.3, 0.4) is 0 Å². The lowest BCUT2D eigenvalue weighted by molar-refractivity contribution is 0.0947. The number of aromatic nitrogens is 1. The molecule has 0 fully saturated rings. The molecule has 6 heteroatoms. The monoisotopic (exact) mass is 392 g/mol. The first-order valence-electron chi connectivity index (χ1n) is 7.32. The maximum Gasteiger partial charge on any atom is 0.267 e. The highest BCUT2D eigenvalue weighted by molar-refractivity contribution is 9.11. The Hall–Kier alpha value is -1.79. The van der Waals surface area contributed by atoms with Gasteiger partial charge in [0.15, 0.2) is 0 Å². The van der Waals surface area contributed by atoms with Crippen LogP contribution in [0.4, 0.5) is 0 Å². The number of hydrogen-bond donors (Lipinski definition) is 1. The van der Waals surface area contributed by atoms with E-state index in [4.69, 9.17) is 4.74 Å². The second kappa shape index (κ2) is 6.76. The number of ether oxygens (including phenoxy) is 1. The van der Waals surface area contributed by atoms with Crippen molar-refractivity contribution in [1.29, 1.82) is 0 Å². The van der Waals surface area contributed by atoms with Crippen LogP contribution in [0.5, 0.6) is 5.75 Å². The first-order chi connectivity index (χ1) is 11.1. The molecule has 0 atom stereocenters. The van der Waals surface area contributed by atoms with Crippen LogP contribution in [0.2, 0.25) is 0 Å². The van der Waals surface area contributed by atoms with Crippen molar-refractivity contribution in [2.24, 2.45) is 0 Å². The third kappa shape index (κ3) is 3.28. The van der Waals surface area contributed by atoms with Crippen molar-refractivity contribution in [2.75, 3.05) is 13.7 Å². The molecule has 0 aliphatic rings. The van der Waals surface area contributed by atoms with Gasteiger partial charge in [-0.05, 0) is 52.7 Å². The number of halogens is 1. The Labute approximate surface area is 147 Å². The van der Waals surface area contributed by atoms with Gasteiger partial charge in [-0.15, -0.1) is 11.3 Å². The van der Waals surface area contributed by atoms with Gasteiger partial charge < -0.3 is 14.6 Å². The molecule has 4 nitrogen and oxygen atoms in total. The van der Waals surface area contributed by atoms with Crippen molar-refractivity contribution in [3.05, 3.63) is 51.4 Å². The Morgan fingerprint density at radius 1 is 1.30 bits per heavy atom. The Balaban J connectivity index is 2.01. The highest BCUT2D eigenvalue weighted by Gasteiger charge is 2.17. The van der Waals surface area contributed by atoms with E-state index >= 15 is 0 Å². The highest BCUT2D eigenvalue weighted by Crippen LogP contribution is 2.33. The minimum Gasteiger partial charge on any atom is -0.497 e. The normalized spacial score (nSPS) is 10.9. The van der Waals surface area contributed by atoms with Crippen molar-refractivity contribution < 1.29 is 9.53 Å². The summed E-state index contributed by atoms with van der Waals surface area (Å²) in [6, 6.07) is 11.9. The van der Waals surface area contributed by atoms with Crippen molar-refractivity contribution in [1.82, 2.24) is 9.88 Å². The van der Waals surface area contributed by atoms with Gasteiger partial charge >= 0.3 is 0 Å². The van der Waals surface area contributed by atoms with Crippen LogP contribution in [0.25, 0.3) is 10.2 Å². The van der Waals surface area contributed by atoms with Crippen LogP contribution in [0, 0.1) is 0 Å². The number of nitrogens with zero attached hydrogens (tertiary/aromatic N) is 1. The van der Waals surface area contributed by atoms with Crippen LogP contribution in [0.15, 0.2) is 40.2 Å². The van der Waals surface area contributed by atoms with E-state index in [0.29, 0.717) is 18.8 Å². The number of nitrogens with one attached hydrogen (secondary N) is 1. The number of amides is 1. The molecule has 120 valence electrons. The molecule has 1 N–H and O–H groups in total. The summed E-state index contributed by atoms with van der Waals surface area (Å²) >= 11 is 5.16. The summed E-state index contributed by atoms with van der Waals surface area (Å²) in [5.74, 6) is 0.786. The van der Waals surface area contributed by atoms with Crippen LogP contribution in [-0.2, 0) is 6.54 Å². The Bertz CT molecular complexity index is 836. The maximum atomic E-state index is 12.3. The van der Waals surface area contributed by atoms with Crippen molar-refractivity contribution in [3.63, 3.8) is 0 Å². The number of thiophene rings is 1. The van der Waals surface area contributed by atoms with E-state index in [1.807, 2.05) is 37.3 Å². The van der Waals surface area contributed by atoms with E-state index in [9.17, 15) is 4.79 Å². The number of benzene rings is 1. The number of fused-ring (bicyclic) bond motifs is 1. The molecule has 0 unspecified atom stereocenters. The fraction of sp³-hybridized carbons (Fsp3) is 0.235. The van der Waals surface area contributed by atoms with Gasteiger partial charge in [0.2, 0.25) is 0 Å². The molecule has 2 heterocycles. The number of carbonyl (C=O) groups excluding carboxylic acids is 1. The molecule has 2 aromatic heterocycles. The quantitative estimate of drug-likeness (QED) is 0.704. The van der Waals surface area contributed by atoms with Crippen LogP contribution >= 0.6 is 27.3 Å². The van der Waals surface area contributed by atoms with Gasteiger partial charge in [-0.25, -0.2) is 0 Å². The molecule has 3 aromatic rings. The Morgan fingerprint density at radius 3 is 2.70 bits per heavy atom. The third-order valence-corrected chi connectivity index (χ3v) is 5.20. The van der Waals surface area contributed by atoms with Crippen LogP contribution < -0.4 is 10.1 Å². The van der Waals surface area contributed by atoms with Crippen molar-refractivity contribution >= 4 is 43.4 Å². The summed E-state index contributed by atoms with van der Waals surface area (Å²) in [6.45, 7) is 3.18. The largest absolute Gasteiger partial charge is 0.497 e. The van der Waals surface area contributed by atoms with Crippen LogP contribution in [-0.4, -0.2) is 24.1 Å². The maximum absolute atomic E-state index is 12.3. The molecule has 0 bridgehead atoms. The van der Waals surface area contributed by atoms with Gasteiger partial charge in [0, 0.05) is 13.1 Å². The lowest BCUT2D eigenvalue weighted by Crippen LogP contribution is -2.25. The first kappa shape index (κ1) is 16.1. The molecule has 0 saturated carbocycles. The lowest BCUT2D eigenvalue weighted by atomic mass is 10.2. The molecular formula is C17H17BrN2O2S. The average molecular weight is 393 g/mol. The summed E-state index contributed by atoms with van der Waals surface area (Å²) < 4.78 is 9.42. The topological polar surface area (TPSA) is 43.3 Å². The Morgan fingerprint density at radius 2 is 2.04 bits per heavy atom. The molecule has 1 aromatic carbocycles. The van der Waals surface area contributed by atoms with Crippen LogP contribution in [0.1, 0.15) is 23.0 Å². The van der Waals surface area contributed by atoms with Crippen molar-refractivity contribution in [3.8, 4) is 5.75 Å². The summed E-state index contributed by atoms with van der Waals surface area (Å²) in [5.41, 5.74) is 2.88. The van der Waals surface area contributed by atoms with Gasteiger partial charge in [-0.3, -0.25) is 4.79 Å². The zero-order valence-electron chi connectivity index (χ0n) is 12.9. The highest BCUT2D eigenvalue weighted by atomic mass is 79.9. The second-order valence-corrected chi connectivity index (χ2v) is 7.59. The number of methoxy groups -OCH3 is 1. The first-order valence-corrected chi connectivity index (χ1v) is 8.93. The third-order valence-electron chi connectivity index (χ3n) is 3.63. The number of rotatable bonds is 5. The molecule has 0 aliphatic heterocycles. The van der Waals surface area contributed by atoms with E-state index in [1.165, 1.54) is 0 Å². The zero-order valence-corrected chi connectivity index (χ0v) is 15.3. The summed E-state index contributed by atoms with van der Waals surface area (Å²) in [7, 11) is 1.65. The van der Waals surface area contributed by atoms with Gasteiger partial charge in [0.25, 0.3) is 5.91 Å². The summed E-state index contributed by atoms with van der Waals surface area (Å²) in [4.78, 5) is 12.3.